The molecule has 0 fully saturated rings. The van der Waals surface area contributed by atoms with Crippen molar-refractivity contribution < 1.29 is 4.79 Å². The van der Waals surface area contributed by atoms with Gasteiger partial charge in [0.2, 0.25) is 0 Å². The fourth-order valence-corrected chi connectivity index (χ4v) is 3.70. The molecule has 0 aliphatic rings. The number of anilines is 1. The largest absolute Gasteiger partial charge is 0.321 e. The van der Waals surface area contributed by atoms with E-state index in [9.17, 15) is 4.79 Å². The number of amides is 1. The van der Waals surface area contributed by atoms with Crippen molar-refractivity contribution in [1.29, 1.82) is 0 Å². The number of fused-ring (bicyclic) bond motifs is 1. The smallest absolute Gasteiger partial charge is 0.256 e. The first-order valence-corrected chi connectivity index (χ1v) is 9.93. The molecule has 0 saturated heterocycles. The van der Waals surface area contributed by atoms with Gasteiger partial charge in [-0.1, -0.05) is 67.1 Å². The number of carbonyl (C=O) groups excluding carboxylic acids is 1. The summed E-state index contributed by atoms with van der Waals surface area (Å²) in [6, 6.07) is 24.0. The van der Waals surface area contributed by atoms with E-state index in [4.69, 9.17) is 4.98 Å². The number of para-hydroxylation sites is 2. The number of hydrogen-bond donors (Lipinski definition) is 1. The number of nitrogens with zero attached hydrogens (tertiary/aromatic N) is 1. The third-order valence-corrected chi connectivity index (χ3v) is 5.25. The Morgan fingerprint density at radius 2 is 1.72 bits per heavy atom. The number of carbonyl (C=O) groups is 1. The minimum atomic E-state index is -0.110. The van der Waals surface area contributed by atoms with Crippen molar-refractivity contribution in [3.8, 4) is 11.3 Å². The second-order valence-electron chi connectivity index (χ2n) is 7.36. The zero-order valence-corrected chi connectivity index (χ0v) is 17.0. The van der Waals surface area contributed by atoms with Crippen LogP contribution in [0.5, 0.6) is 0 Å². The number of hydrogen-bond acceptors (Lipinski definition) is 2. The van der Waals surface area contributed by atoms with E-state index < -0.39 is 0 Å². The number of pyridine rings is 1. The molecule has 0 bridgehead atoms. The number of rotatable bonds is 4. The Labute approximate surface area is 171 Å². The molecule has 29 heavy (non-hydrogen) atoms. The summed E-state index contributed by atoms with van der Waals surface area (Å²) in [7, 11) is 0. The van der Waals surface area contributed by atoms with Gasteiger partial charge in [-0.05, 0) is 49.6 Å². The highest BCUT2D eigenvalue weighted by atomic mass is 16.1. The quantitative estimate of drug-likeness (QED) is 0.449. The predicted molar refractivity (Wildman–Crippen MR) is 120 cm³/mol. The lowest BCUT2D eigenvalue weighted by atomic mass is 10.0. The van der Waals surface area contributed by atoms with Crippen LogP contribution in [0.3, 0.4) is 0 Å². The summed E-state index contributed by atoms with van der Waals surface area (Å²) in [6.45, 7) is 6.18. The van der Waals surface area contributed by atoms with Gasteiger partial charge in [-0.15, -0.1) is 0 Å². The first kappa shape index (κ1) is 18.9. The fraction of sp³-hybridized carbons (Fsp3) is 0.154. The van der Waals surface area contributed by atoms with Crippen molar-refractivity contribution in [2.75, 3.05) is 5.32 Å². The molecular formula is C26H24N2O. The van der Waals surface area contributed by atoms with E-state index in [0.29, 0.717) is 5.56 Å². The maximum absolute atomic E-state index is 13.4. The highest BCUT2D eigenvalue weighted by molar-refractivity contribution is 6.13. The lowest BCUT2D eigenvalue weighted by Crippen LogP contribution is -2.15. The molecule has 144 valence electrons. The van der Waals surface area contributed by atoms with Gasteiger partial charge in [0, 0.05) is 16.6 Å². The van der Waals surface area contributed by atoms with Crippen molar-refractivity contribution in [2.24, 2.45) is 0 Å². The van der Waals surface area contributed by atoms with Crippen LogP contribution in [0.15, 0.2) is 72.8 Å². The van der Waals surface area contributed by atoms with Crippen molar-refractivity contribution >= 4 is 22.5 Å². The Kier molecular flexibility index (Phi) is 5.13. The SMILES string of the molecule is CCc1cccc(C)c1NC(=O)c1cc(-c2cccc(C)c2)nc2ccccc12. The van der Waals surface area contributed by atoms with Crippen molar-refractivity contribution in [1.82, 2.24) is 4.98 Å². The van der Waals surface area contributed by atoms with Crippen LogP contribution in [0.25, 0.3) is 22.2 Å². The highest BCUT2D eigenvalue weighted by Crippen LogP contribution is 2.27. The number of aromatic nitrogens is 1. The van der Waals surface area contributed by atoms with Crippen LogP contribution in [0, 0.1) is 13.8 Å². The molecule has 4 rings (SSSR count). The summed E-state index contributed by atoms with van der Waals surface area (Å²) in [5, 5.41) is 4.02. The maximum Gasteiger partial charge on any atom is 0.256 e. The summed E-state index contributed by atoms with van der Waals surface area (Å²) in [6.07, 6.45) is 0.864. The molecule has 0 aliphatic heterocycles. The Bertz CT molecular complexity index is 1210. The molecular weight excluding hydrogens is 356 g/mol. The summed E-state index contributed by atoms with van der Waals surface area (Å²) < 4.78 is 0. The van der Waals surface area contributed by atoms with Crippen LogP contribution in [0.4, 0.5) is 5.69 Å². The van der Waals surface area contributed by atoms with Crippen molar-refractivity contribution in [3.63, 3.8) is 0 Å². The minimum Gasteiger partial charge on any atom is -0.321 e. The number of aryl methyl sites for hydroxylation is 3. The van der Waals surface area contributed by atoms with E-state index >= 15 is 0 Å². The molecule has 0 saturated carbocycles. The molecule has 0 unspecified atom stereocenters. The van der Waals surface area contributed by atoms with Gasteiger partial charge in [-0.2, -0.15) is 0 Å². The monoisotopic (exact) mass is 380 g/mol. The number of nitrogens with one attached hydrogen (secondary N) is 1. The van der Waals surface area contributed by atoms with E-state index in [1.807, 2.05) is 61.5 Å². The molecule has 1 heterocycles. The van der Waals surface area contributed by atoms with Crippen molar-refractivity contribution in [2.45, 2.75) is 27.2 Å². The van der Waals surface area contributed by atoms with Crippen LogP contribution in [0.2, 0.25) is 0 Å². The van der Waals surface area contributed by atoms with E-state index in [-0.39, 0.29) is 5.91 Å². The topological polar surface area (TPSA) is 42.0 Å². The van der Waals surface area contributed by atoms with Gasteiger partial charge in [-0.3, -0.25) is 4.79 Å². The molecule has 4 aromatic rings. The molecule has 1 N–H and O–H groups in total. The average molecular weight is 380 g/mol. The standard InChI is InChI=1S/C26H24N2O/c1-4-19-11-8-10-18(3)25(19)28-26(29)22-16-24(20-12-7-9-17(2)15-20)27-23-14-6-5-13-21(22)23/h5-16H,4H2,1-3H3,(H,28,29). The molecule has 3 nitrogen and oxygen atoms in total. The minimum absolute atomic E-state index is 0.110. The molecule has 0 spiro atoms. The van der Waals surface area contributed by atoms with Crippen LogP contribution in [0.1, 0.15) is 34.0 Å². The van der Waals surface area contributed by atoms with Crippen LogP contribution >= 0.6 is 0 Å². The first-order chi connectivity index (χ1) is 14.1. The normalized spacial score (nSPS) is 10.9. The van der Waals surface area contributed by atoms with E-state index in [2.05, 4.69) is 37.4 Å². The number of benzene rings is 3. The second-order valence-corrected chi connectivity index (χ2v) is 7.36. The molecule has 1 amide bonds. The Hall–Kier alpha value is -3.46. The third kappa shape index (κ3) is 3.77. The molecule has 1 aromatic heterocycles. The summed E-state index contributed by atoms with van der Waals surface area (Å²) in [5.41, 5.74) is 7.53. The average Bonchev–Trinajstić information content (AvgIpc) is 2.74. The third-order valence-electron chi connectivity index (χ3n) is 5.25. The van der Waals surface area contributed by atoms with Gasteiger partial charge < -0.3 is 5.32 Å². The highest BCUT2D eigenvalue weighted by Gasteiger charge is 2.16. The maximum atomic E-state index is 13.4. The molecule has 0 radical (unpaired) electrons. The van der Waals surface area contributed by atoms with E-state index in [0.717, 1.165) is 51.0 Å². The molecule has 0 aliphatic carbocycles. The lowest BCUT2D eigenvalue weighted by Gasteiger charge is -2.15. The first-order valence-electron chi connectivity index (χ1n) is 9.93. The van der Waals surface area contributed by atoms with Crippen LogP contribution < -0.4 is 5.32 Å². The van der Waals surface area contributed by atoms with Gasteiger partial charge in [0.15, 0.2) is 0 Å². The molecule has 0 atom stereocenters. The molecule has 3 aromatic carbocycles. The molecule has 3 heteroatoms. The summed E-state index contributed by atoms with van der Waals surface area (Å²) >= 11 is 0. The Morgan fingerprint density at radius 3 is 2.52 bits per heavy atom. The lowest BCUT2D eigenvalue weighted by molar-refractivity contribution is 0.102. The summed E-state index contributed by atoms with van der Waals surface area (Å²) in [5.74, 6) is -0.110. The second kappa shape index (κ2) is 7.88. The van der Waals surface area contributed by atoms with Crippen LogP contribution in [-0.4, -0.2) is 10.9 Å². The van der Waals surface area contributed by atoms with E-state index in [1.54, 1.807) is 0 Å². The van der Waals surface area contributed by atoms with Crippen LogP contribution in [-0.2, 0) is 6.42 Å². The van der Waals surface area contributed by atoms with Gasteiger partial charge in [-0.25, -0.2) is 4.98 Å². The Morgan fingerprint density at radius 1 is 0.931 bits per heavy atom. The van der Waals surface area contributed by atoms with Gasteiger partial charge >= 0.3 is 0 Å². The van der Waals surface area contributed by atoms with Gasteiger partial charge in [0.05, 0.1) is 16.8 Å². The zero-order chi connectivity index (χ0) is 20.4. The Balaban J connectivity index is 1.83. The van der Waals surface area contributed by atoms with Gasteiger partial charge in [0.1, 0.15) is 0 Å². The summed E-state index contributed by atoms with van der Waals surface area (Å²) in [4.78, 5) is 18.2. The van der Waals surface area contributed by atoms with Gasteiger partial charge in [0.25, 0.3) is 5.91 Å². The van der Waals surface area contributed by atoms with Crippen molar-refractivity contribution in [3.05, 3.63) is 95.1 Å². The predicted octanol–water partition coefficient (Wildman–Crippen LogP) is 6.33. The van der Waals surface area contributed by atoms with E-state index in [1.165, 1.54) is 0 Å². The zero-order valence-electron chi connectivity index (χ0n) is 17.0. The fourth-order valence-electron chi connectivity index (χ4n) is 3.70.